The van der Waals surface area contributed by atoms with Crippen molar-refractivity contribution < 1.29 is 19.4 Å². The van der Waals surface area contributed by atoms with Crippen molar-refractivity contribution in [2.24, 2.45) is 5.92 Å². The molecule has 2 atom stereocenters. The fourth-order valence-corrected chi connectivity index (χ4v) is 1.40. The van der Waals surface area contributed by atoms with E-state index in [9.17, 15) is 4.79 Å². The lowest BCUT2D eigenvalue weighted by Gasteiger charge is -2.11. The molecule has 0 saturated heterocycles. The molecule has 0 saturated carbocycles. The van der Waals surface area contributed by atoms with E-state index in [2.05, 4.69) is 0 Å². The number of aliphatic hydroxyl groups is 1. The highest BCUT2D eigenvalue weighted by Crippen LogP contribution is 2.24. The van der Waals surface area contributed by atoms with Crippen LogP contribution >= 0.6 is 0 Å². The first-order valence-electron chi connectivity index (χ1n) is 4.81. The molecule has 2 unspecified atom stereocenters. The zero-order chi connectivity index (χ0) is 10.6. The molecule has 1 N–H and O–H groups in total. The number of hydrogen-bond donors (Lipinski definition) is 1. The first-order chi connectivity index (χ1) is 6.67. The number of esters is 1. The van der Waals surface area contributed by atoms with Gasteiger partial charge in [0.1, 0.15) is 18.3 Å². The topological polar surface area (TPSA) is 55.8 Å². The number of ether oxygens (including phenoxy) is 2. The third-order valence-corrected chi connectivity index (χ3v) is 2.17. The third-order valence-electron chi connectivity index (χ3n) is 2.17. The molecule has 4 heteroatoms. The summed E-state index contributed by atoms with van der Waals surface area (Å²) in [6.07, 6.45) is 1.90. The van der Waals surface area contributed by atoms with Crippen molar-refractivity contribution in [1.29, 1.82) is 0 Å². The minimum atomic E-state index is -0.287. The average Bonchev–Trinajstić information content (AvgIpc) is 2.46. The van der Waals surface area contributed by atoms with Crippen LogP contribution in [0.4, 0.5) is 0 Å². The molecule has 1 aliphatic heterocycles. The van der Waals surface area contributed by atoms with Gasteiger partial charge >= 0.3 is 5.97 Å². The van der Waals surface area contributed by atoms with Crippen molar-refractivity contribution in [2.75, 3.05) is 13.2 Å². The molecule has 1 heterocycles. The normalized spacial score (nSPS) is 25.5. The summed E-state index contributed by atoms with van der Waals surface area (Å²) < 4.78 is 10.2. The molecule has 0 fully saturated rings. The van der Waals surface area contributed by atoms with Gasteiger partial charge in [0.25, 0.3) is 0 Å². The fraction of sp³-hybridized carbons (Fsp3) is 0.700. The van der Waals surface area contributed by atoms with Crippen molar-refractivity contribution >= 4 is 5.97 Å². The van der Waals surface area contributed by atoms with Crippen LogP contribution in [0.5, 0.6) is 0 Å². The van der Waals surface area contributed by atoms with E-state index in [4.69, 9.17) is 14.6 Å². The summed E-state index contributed by atoms with van der Waals surface area (Å²) in [5.74, 6) is 0.318. The molecule has 0 aromatic rings. The SMILES string of the molecule is CCOC(=O)CC1=CC(CO)C(C)O1. The van der Waals surface area contributed by atoms with Gasteiger partial charge in [0.2, 0.25) is 0 Å². The molecular formula is C10H16O4. The minimum Gasteiger partial charge on any atom is -0.494 e. The minimum absolute atomic E-state index is 0.000531. The zero-order valence-corrected chi connectivity index (χ0v) is 8.53. The standard InChI is InChI=1S/C10H16O4/c1-3-13-10(12)5-9-4-8(6-11)7(2)14-9/h4,7-8,11H,3,5-6H2,1-2H3. The van der Waals surface area contributed by atoms with Crippen molar-refractivity contribution in [1.82, 2.24) is 0 Å². The second-order valence-electron chi connectivity index (χ2n) is 3.28. The van der Waals surface area contributed by atoms with E-state index in [1.54, 1.807) is 13.0 Å². The lowest BCUT2D eigenvalue weighted by atomic mass is 10.1. The third kappa shape index (κ3) is 2.73. The molecule has 0 radical (unpaired) electrons. The van der Waals surface area contributed by atoms with Gasteiger partial charge in [-0.1, -0.05) is 0 Å². The Balaban J connectivity index is 2.43. The molecule has 80 valence electrons. The van der Waals surface area contributed by atoms with E-state index >= 15 is 0 Å². The van der Waals surface area contributed by atoms with Crippen molar-refractivity contribution in [3.8, 4) is 0 Å². The monoisotopic (exact) mass is 200 g/mol. The Bertz CT molecular complexity index is 234. The Morgan fingerprint density at radius 1 is 1.71 bits per heavy atom. The van der Waals surface area contributed by atoms with Gasteiger partial charge in [0.15, 0.2) is 0 Å². The number of hydrogen-bond acceptors (Lipinski definition) is 4. The van der Waals surface area contributed by atoms with Gasteiger partial charge in [-0.15, -0.1) is 0 Å². The Kier molecular flexibility index (Phi) is 3.95. The number of carbonyl (C=O) groups is 1. The van der Waals surface area contributed by atoms with Gasteiger partial charge in [-0.2, -0.15) is 0 Å². The average molecular weight is 200 g/mol. The van der Waals surface area contributed by atoms with Gasteiger partial charge in [-0.05, 0) is 19.9 Å². The van der Waals surface area contributed by atoms with Gasteiger partial charge in [-0.25, -0.2) is 0 Å². The maximum absolute atomic E-state index is 11.1. The van der Waals surface area contributed by atoms with Crippen LogP contribution in [0, 0.1) is 5.92 Å². The second kappa shape index (κ2) is 5.00. The van der Waals surface area contributed by atoms with Gasteiger partial charge in [0, 0.05) is 5.92 Å². The highest BCUT2D eigenvalue weighted by Gasteiger charge is 2.25. The van der Waals surface area contributed by atoms with Crippen LogP contribution in [0.3, 0.4) is 0 Å². The van der Waals surface area contributed by atoms with Crippen molar-refractivity contribution in [2.45, 2.75) is 26.4 Å². The molecule has 4 nitrogen and oxygen atoms in total. The number of rotatable bonds is 4. The lowest BCUT2D eigenvalue weighted by Crippen LogP contribution is -2.15. The van der Waals surface area contributed by atoms with E-state index in [1.807, 2.05) is 6.92 Å². The van der Waals surface area contributed by atoms with Crippen LogP contribution in [0.15, 0.2) is 11.8 Å². The van der Waals surface area contributed by atoms with Crippen LogP contribution in [-0.4, -0.2) is 30.4 Å². The first kappa shape index (κ1) is 11.0. The van der Waals surface area contributed by atoms with Gasteiger partial charge in [0.05, 0.1) is 13.2 Å². The maximum Gasteiger partial charge on any atom is 0.313 e. The summed E-state index contributed by atoms with van der Waals surface area (Å²) in [6, 6.07) is 0. The second-order valence-corrected chi connectivity index (χ2v) is 3.28. The van der Waals surface area contributed by atoms with E-state index in [-0.39, 0.29) is 31.0 Å². The molecule has 0 spiro atoms. The van der Waals surface area contributed by atoms with Crippen LogP contribution in [-0.2, 0) is 14.3 Å². The molecule has 1 rings (SSSR count). The Morgan fingerprint density at radius 2 is 2.43 bits per heavy atom. The molecule has 0 aromatic heterocycles. The summed E-state index contributed by atoms with van der Waals surface area (Å²) >= 11 is 0. The van der Waals surface area contributed by atoms with Crippen molar-refractivity contribution in [3.05, 3.63) is 11.8 Å². The highest BCUT2D eigenvalue weighted by molar-refractivity contribution is 5.72. The van der Waals surface area contributed by atoms with Crippen LogP contribution in [0.25, 0.3) is 0 Å². The fourth-order valence-electron chi connectivity index (χ4n) is 1.40. The lowest BCUT2D eigenvalue weighted by molar-refractivity contribution is -0.143. The molecule has 14 heavy (non-hydrogen) atoms. The van der Waals surface area contributed by atoms with Crippen LogP contribution in [0.2, 0.25) is 0 Å². The van der Waals surface area contributed by atoms with Crippen LogP contribution in [0.1, 0.15) is 20.3 Å². The highest BCUT2D eigenvalue weighted by atomic mass is 16.5. The molecule has 0 aromatic carbocycles. The predicted octanol–water partition coefficient (Wildman–Crippen LogP) is 0.851. The maximum atomic E-state index is 11.1. The number of carbonyl (C=O) groups excluding carboxylic acids is 1. The Hall–Kier alpha value is -1.03. The Labute approximate surface area is 83.5 Å². The quantitative estimate of drug-likeness (QED) is 0.683. The smallest absolute Gasteiger partial charge is 0.313 e. The predicted molar refractivity (Wildman–Crippen MR) is 50.5 cm³/mol. The van der Waals surface area contributed by atoms with Crippen molar-refractivity contribution in [3.63, 3.8) is 0 Å². The summed E-state index contributed by atoms with van der Waals surface area (Å²) in [7, 11) is 0. The molecule has 0 aliphatic carbocycles. The summed E-state index contributed by atoms with van der Waals surface area (Å²) in [6.45, 7) is 4.06. The molecule has 1 aliphatic rings. The van der Waals surface area contributed by atoms with Gasteiger partial charge < -0.3 is 14.6 Å². The largest absolute Gasteiger partial charge is 0.494 e. The van der Waals surface area contributed by atoms with E-state index in [1.165, 1.54) is 0 Å². The van der Waals surface area contributed by atoms with Crippen LogP contribution < -0.4 is 0 Å². The zero-order valence-electron chi connectivity index (χ0n) is 8.53. The van der Waals surface area contributed by atoms with E-state index in [0.717, 1.165) is 0 Å². The summed E-state index contributed by atoms with van der Waals surface area (Å²) in [4.78, 5) is 11.1. The van der Waals surface area contributed by atoms with E-state index < -0.39 is 0 Å². The van der Waals surface area contributed by atoms with Gasteiger partial charge in [-0.3, -0.25) is 4.79 Å². The van der Waals surface area contributed by atoms with E-state index in [0.29, 0.717) is 12.4 Å². The molecule has 0 amide bonds. The summed E-state index contributed by atoms with van der Waals surface area (Å²) in [5.41, 5.74) is 0. The summed E-state index contributed by atoms with van der Waals surface area (Å²) in [5, 5.41) is 8.95. The Morgan fingerprint density at radius 3 is 2.93 bits per heavy atom. The number of aliphatic hydroxyl groups excluding tert-OH is 1. The first-order valence-corrected chi connectivity index (χ1v) is 4.81. The molecule has 0 bridgehead atoms. The molecular weight excluding hydrogens is 184 g/mol.